The molecule has 1 amide bonds. The molecule has 12 nitrogen and oxygen atoms in total. The second-order valence-corrected chi connectivity index (χ2v) is 9.95. The maximum absolute atomic E-state index is 13.5. The Hall–Kier alpha value is -4.79. The van der Waals surface area contributed by atoms with Gasteiger partial charge in [-0.1, -0.05) is 6.07 Å². The van der Waals surface area contributed by atoms with E-state index in [-0.39, 0.29) is 18.4 Å². The van der Waals surface area contributed by atoms with E-state index in [2.05, 4.69) is 51.9 Å². The van der Waals surface area contributed by atoms with Gasteiger partial charge in [-0.25, -0.2) is 14.6 Å². The summed E-state index contributed by atoms with van der Waals surface area (Å²) in [6, 6.07) is 11.4. The minimum absolute atomic E-state index is 0.117. The molecule has 3 N–H and O–H groups in total. The lowest BCUT2D eigenvalue weighted by molar-refractivity contribution is -0.132. The molecule has 4 aromatic rings. The van der Waals surface area contributed by atoms with Crippen LogP contribution in [0.15, 0.2) is 48.9 Å². The number of nitrogens with zero attached hydrogens (tertiary/aromatic N) is 8. The Kier molecular flexibility index (Phi) is 7.23. The SMILES string of the molecule is Cc1cc(Nc2cc(C)[nH]n2)nc(N2CCC(CC#N)(C(=O)N[C@@H](C)c3ccc(-n4cccn4)nc3)CC2)n1. The smallest absolute Gasteiger partial charge is 0.227 e. The number of pyridine rings is 1. The molecule has 0 saturated carbocycles. The minimum atomic E-state index is -0.778. The summed E-state index contributed by atoms with van der Waals surface area (Å²) < 4.78 is 1.68. The molecule has 1 aliphatic heterocycles. The minimum Gasteiger partial charge on any atom is -0.349 e. The van der Waals surface area contributed by atoms with Crippen molar-refractivity contribution in [1.29, 1.82) is 5.26 Å². The van der Waals surface area contributed by atoms with E-state index in [9.17, 15) is 10.1 Å². The molecular formula is C27H31N11O. The van der Waals surface area contributed by atoms with E-state index < -0.39 is 5.41 Å². The van der Waals surface area contributed by atoms with Crippen molar-refractivity contribution in [2.24, 2.45) is 5.41 Å². The number of nitriles is 1. The number of H-pyrrole nitrogens is 1. The molecular weight excluding hydrogens is 494 g/mol. The Labute approximate surface area is 226 Å². The quantitative estimate of drug-likeness (QED) is 0.313. The topological polar surface area (TPSA) is 153 Å². The van der Waals surface area contributed by atoms with Gasteiger partial charge in [0, 0.05) is 61.6 Å². The fourth-order valence-electron chi connectivity index (χ4n) is 4.77. The standard InChI is InChI=1S/C27H31N11O/c1-18-15-22(33-23-16-19(2)35-36-23)34-26(31-18)37-13-8-27(7-10-28,9-14-37)25(39)32-20(3)21-5-6-24(29-17-21)38-12-4-11-30-38/h4-6,11-12,15-17,20H,7-9,13-14H2,1-3H3,(H,32,39)(H2,31,33,34,35,36)/t20-/m0/s1. The molecule has 0 aromatic carbocycles. The third kappa shape index (κ3) is 5.72. The van der Waals surface area contributed by atoms with Gasteiger partial charge in [0.15, 0.2) is 11.6 Å². The molecule has 4 aromatic heterocycles. The average Bonchev–Trinajstić information content (AvgIpc) is 3.61. The first-order valence-electron chi connectivity index (χ1n) is 12.9. The Balaban J connectivity index is 1.25. The third-order valence-corrected chi connectivity index (χ3v) is 7.06. The van der Waals surface area contributed by atoms with Crippen LogP contribution in [0, 0.1) is 30.6 Å². The number of anilines is 3. The lowest BCUT2D eigenvalue weighted by atomic mass is 9.75. The summed E-state index contributed by atoms with van der Waals surface area (Å²) in [5.41, 5.74) is 1.87. The fraction of sp³-hybridized carbons (Fsp3) is 0.370. The van der Waals surface area contributed by atoms with Crippen LogP contribution in [0.2, 0.25) is 0 Å². The molecule has 0 spiro atoms. The number of piperidine rings is 1. The molecule has 5 heterocycles. The van der Waals surface area contributed by atoms with Gasteiger partial charge in [0.05, 0.1) is 17.5 Å². The zero-order valence-electron chi connectivity index (χ0n) is 22.2. The number of aromatic amines is 1. The molecule has 0 unspecified atom stereocenters. The molecule has 1 atom stereocenters. The van der Waals surface area contributed by atoms with Crippen molar-refractivity contribution >= 4 is 23.5 Å². The van der Waals surface area contributed by atoms with Crippen LogP contribution in [0.4, 0.5) is 17.6 Å². The second kappa shape index (κ2) is 10.9. The fourth-order valence-corrected chi connectivity index (χ4v) is 4.77. The third-order valence-electron chi connectivity index (χ3n) is 7.06. The van der Waals surface area contributed by atoms with Gasteiger partial charge in [0.1, 0.15) is 5.82 Å². The van der Waals surface area contributed by atoms with Gasteiger partial charge in [-0.15, -0.1) is 0 Å². The first-order chi connectivity index (χ1) is 18.8. The monoisotopic (exact) mass is 525 g/mol. The van der Waals surface area contributed by atoms with Gasteiger partial charge in [-0.05, 0) is 51.3 Å². The van der Waals surface area contributed by atoms with Crippen molar-refractivity contribution in [3.63, 3.8) is 0 Å². The Morgan fingerprint density at radius 2 is 2.03 bits per heavy atom. The second-order valence-electron chi connectivity index (χ2n) is 9.95. The molecule has 5 rings (SSSR count). The molecule has 0 bridgehead atoms. The first kappa shape index (κ1) is 25.8. The van der Waals surface area contributed by atoms with Crippen molar-refractivity contribution < 1.29 is 4.79 Å². The Bertz CT molecular complexity index is 1460. The van der Waals surface area contributed by atoms with E-state index in [0.717, 1.165) is 17.0 Å². The lowest BCUT2D eigenvalue weighted by Crippen LogP contribution is -2.49. The highest BCUT2D eigenvalue weighted by Gasteiger charge is 2.42. The van der Waals surface area contributed by atoms with Gasteiger partial charge >= 0.3 is 0 Å². The summed E-state index contributed by atoms with van der Waals surface area (Å²) in [5, 5.41) is 27.2. The number of hydrogen-bond acceptors (Lipinski definition) is 9. The van der Waals surface area contributed by atoms with Crippen LogP contribution in [0.3, 0.4) is 0 Å². The number of carbonyl (C=O) groups is 1. The highest BCUT2D eigenvalue weighted by Crippen LogP contribution is 2.37. The average molecular weight is 526 g/mol. The van der Waals surface area contributed by atoms with E-state index in [4.69, 9.17) is 0 Å². The van der Waals surface area contributed by atoms with Crippen molar-refractivity contribution in [1.82, 2.24) is 40.2 Å². The predicted molar refractivity (Wildman–Crippen MR) is 145 cm³/mol. The van der Waals surface area contributed by atoms with Crippen LogP contribution >= 0.6 is 0 Å². The van der Waals surface area contributed by atoms with Crippen molar-refractivity contribution in [3.8, 4) is 11.9 Å². The highest BCUT2D eigenvalue weighted by atomic mass is 16.2. The van der Waals surface area contributed by atoms with Crippen LogP contribution in [-0.4, -0.2) is 53.9 Å². The summed E-state index contributed by atoms with van der Waals surface area (Å²) >= 11 is 0. The van der Waals surface area contributed by atoms with Crippen molar-refractivity contribution in [3.05, 3.63) is 65.9 Å². The van der Waals surface area contributed by atoms with Gasteiger partial charge < -0.3 is 15.5 Å². The van der Waals surface area contributed by atoms with E-state index in [0.29, 0.717) is 49.3 Å². The number of rotatable bonds is 8. The molecule has 200 valence electrons. The molecule has 0 aliphatic carbocycles. The van der Waals surface area contributed by atoms with Gasteiger partial charge in [0.25, 0.3) is 0 Å². The van der Waals surface area contributed by atoms with Crippen LogP contribution in [0.25, 0.3) is 5.82 Å². The summed E-state index contributed by atoms with van der Waals surface area (Å²) in [4.78, 5) is 29.4. The normalized spacial score (nSPS) is 15.4. The van der Waals surface area contributed by atoms with E-state index in [1.165, 1.54) is 0 Å². The van der Waals surface area contributed by atoms with E-state index in [1.807, 2.05) is 57.3 Å². The Morgan fingerprint density at radius 1 is 1.21 bits per heavy atom. The van der Waals surface area contributed by atoms with Crippen molar-refractivity contribution in [2.45, 2.75) is 46.1 Å². The largest absolute Gasteiger partial charge is 0.349 e. The number of hydrogen-bond donors (Lipinski definition) is 3. The maximum Gasteiger partial charge on any atom is 0.227 e. The van der Waals surface area contributed by atoms with Crippen molar-refractivity contribution in [2.75, 3.05) is 23.3 Å². The maximum atomic E-state index is 13.5. The van der Waals surface area contributed by atoms with Gasteiger partial charge in [0.2, 0.25) is 11.9 Å². The molecule has 0 radical (unpaired) electrons. The number of amides is 1. The molecule has 12 heteroatoms. The number of nitrogens with one attached hydrogen (secondary N) is 3. The molecule has 1 aliphatic rings. The Morgan fingerprint density at radius 3 is 2.67 bits per heavy atom. The van der Waals surface area contributed by atoms with Gasteiger partial charge in [-0.3, -0.25) is 9.89 Å². The van der Waals surface area contributed by atoms with Crippen LogP contribution < -0.4 is 15.5 Å². The highest BCUT2D eigenvalue weighted by molar-refractivity contribution is 5.83. The summed E-state index contributed by atoms with van der Waals surface area (Å²) in [5.74, 6) is 2.50. The number of aryl methyl sites for hydroxylation is 2. The van der Waals surface area contributed by atoms with E-state index >= 15 is 0 Å². The van der Waals surface area contributed by atoms with Crippen LogP contribution in [-0.2, 0) is 4.79 Å². The van der Waals surface area contributed by atoms with E-state index in [1.54, 1.807) is 17.1 Å². The summed E-state index contributed by atoms with van der Waals surface area (Å²) in [7, 11) is 0. The molecule has 1 saturated heterocycles. The van der Waals surface area contributed by atoms with Crippen LogP contribution in [0.1, 0.15) is 49.2 Å². The van der Waals surface area contributed by atoms with Gasteiger partial charge in [-0.2, -0.15) is 20.4 Å². The summed E-state index contributed by atoms with van der Waals surface area (Å²) in [6.45, 7) is 6.90. The summed E-state index contributed by atoms with van der Waals surface area (Å²) in [6.07, 6.45) is 6.45. The lowest BCUT2D eigenvalue weighted by Gasteiger charge is -2.40. The zero-order valence-corrected chi connectivity index (χ0v) is 22.2. The first-order valence-corrected chi connectivity index (χ1v) is 12.9. The number of carbonyl (C=O) groups excluding carboxylic acids is 1. The predicted octanol–water partition coefficient (Wildman–Crippen LogP) is 3.52. The van der Waals surface area contributed by atoms with Crippen LogP contribution in [0.5, 0.6) is 0 Å². The zero-order chi connectivity index (χ0) is 27.4. The molecule has 39 heavy (non-hydrogen) atoms. The molecule has 1 fully saturated rings. The number of aromatic nitrogens is 7.